The van der Waals surface area contributed by atoms with Crippen molar-refractivity contribution in [1.82, 2.24) is 0 Å². The minimum Gasteiger partial charge on any atom is -1.00 e. The Balaban J connectivity index is 0.000000963. The zero-order valence-corrected chi connectivity index (χ0v) is 10.2. The standard InChI is InChI=1S/C12H17N3.ClH/c13-12-8-11(14-5-1-6-14)4-7-15(12)9-10-2-3-10;/h4,7-8,10,13H,1-3,5-6,9H2;1H. The van der Waals surface area contributed by atoms with Crippen molar-refractivity contribution in [2.45, 2.75) is 25.8 Å². The van der Waals surface area contributed by atoms with E-state index in [2.05, 4.69) is 27.8 Å². The Labute approximate surface area is 103 Å². The second-order valence-corrected chi connectivity index (χ2v) is 4.75. The van der Waals surface area contributed by atoms with E-state index in [-0.39, 0.29) is 12.4 Å². The monoisotopic (exact) mass is 239 g/mol. The van der Waals surface area contributed by atoms with E-state index in [0.29, 0.717) is 0 Å². The van der Waals surface area contributed by atoms with Gasteiger partial charge in [0.15, 0.2) is 0 Å². The molecule has 1 aliphatic carbocycles. The molecule has 0 spiro atoms. The van der Waals surface area contributed by atoms with Gasteiger partial charge in [-0.2, -0.15) is 0 Å². The van der Waals surface area contributed by atoms with Gasteiger partial charge >= 0.3 is 0 Å². The average molecular weight is 240 g/mol. The van der Waals surface area contributed by atoms with Gasteiger partial charge in [-0.05, 0) is 25.2 Å². The normalized spacial score (nSPS) is 18.9. The summed E-state index contributed by atoms with van der Waals surface area (Å²) >= 11 is 0. The van der Waals surface area contributed by atoms with Crippen molar-refractivity contribution in [3.8, 4) is 0 Å². The number of aromatic nitrogens is 1. The number of hydrogen-bond donors (Lipinski definition) is 1. The van der Waals surface area contributed by atoms with E-state index < -0.39 is 0 Å². The molecule has 2 heterocycles. The summed E-state index contributed by atoms with van der Waals surface area (Å²) in [5.41, 5.74) is 7.33. The third-order valence-electron chi connectivity index (χ3n) is 3.43. The van der Waals surface area contributed by atoms with E-state index in [0.717, 1.165) is 18.3 Å². The van der Waals surface area contributed by atoms with Crippen LogP contribution in [0.25, 0.3) is 0 Å². The van der Waals surface area contributed by atoms with Crippen LogP contribution in [0.4, 0.5) is 11.5 Å². The molecule has 0 aromatic carbocycles. The first kappa shape index (κ1) is 11.5. The molecule has 16 heavy (non-hydrogen) atoms. The maximum absolute atomic E-state index is 6.05. The summed E-state index contributed by atoms with van der Waals surface area (Å²) in [6, 6.07) is 4.30. The first-order chi connectivity index (χ1) is 7.33. The highest BCUT2D eigenvalue weighted by molar-refractivity contribution is 5.51. The topological polar surface area (TPSA) is 33.1 Å². The molecule has 1 aliphatic heterocycles. The molecule has 0 radical (unpaired) electrons. The second-order valence-electron chi connectivity index (χ2n) is 4.75. The summed E-state index contributed by atoms with van der Waals surface area (Å²) in [5, 5.41) is 0. The molecular formula is C12H18ClN3. The number of nitrogens with zero attached hydrogens (tertiary/aromatic N) is 2. The molecule has 88 valence electrons. The molecule has 3 rings (SSSR count). The van der Waals surface area contributed by atoms with E-state index >= 15 is 0 Å². The fourth-order valence-corrected chi connectivity index (χ4v) is 2.05. The van der Waals surface area contributed by atoms with Crippen molar-refractivity contribution in [2.75, 3.05) is 23.7 Å². The smallest absolute Gasteiger partial charge is 0.274 e. The van der Waals surface area contributed by atoms with Crippen LogP contribution < -0.4 is 27.6 Å². The fourth-order valence-electron chi connectivity index (χ4n) is 2.05. The van der Waals surface area contributed by atoms with E-state index in [1.807, 2.05) is 0 Å². The van der Waals surface area contributed by atoms with Crippen LogP contribution in [0, 0.1) is 5.92 Å². The average Bonchev–Trinajstić information content (AvgIpc) is 2.90. The Hall–Kier alpha value is -0.960. The highest BCUT2D eigenvalue weighted by atomic mass is 35.5. The summed E-state index contributed by atoms with van der Waals surface area (Å²) < 4.78 is 2.18. The van der Waals surface area contributed by atoms with Gasteiger partial charge in [-0.25, -0.2) is 4.57 Å². The van der Waals surface area contributed by atoms with Crippen molar-refractivity contribution in [2.24, 2.45) is 5.92 Å². The molecule has 0 atom stereocenters. The van der Waals surface area contributed by atoms with E-state index in [9.17, 15) is 0 Å². The lowest BCUT2D eigenvalue weighted by Gasteiger charge is -2.32. The fraction of sp³-hybridized carbons (Fsp3) is 0.583. The van der Waals surface area contributed by atoms with Crippen LogP contribution in [0.5, 0.6) is 0 Å². The molecule has 1 aromatic heterocycles. The lowest BCUT2D eigenvalue weighted by atomic mass is 10.2. The largest absolute Gasteiger partial charge is 1.00 e. The Morgan fingerprint density at radius 1 is 1.38 bits per heavy atom. The Morgan fingerprint density at radius 2 is 2.12 bits per heavy atom. The van der Waals surface area contributed by atoms with Gasteiger partial charge in [0.25, 0.3) is 5.82 Å². The quantitative estimate of drug-likeness (QED) is 0.631. The molecule has 2 fully saturated rings. The van der Waals surface area contributed by atoms with E-state index in [1.165, 1.54) is 38.0 Å². The third kappa shape index (κ3) is 2.24. The van der Waals surface area contributed by atoms with Crippen molar-refractivity contribution in [3.05, 3.63) is 18.3 Å². The molecule has 0 amide bonds. The highest BCUT2D eigenvalue weighted by Gasteiger charge is 2.25. The van der Waals surface area contributed by atoms with Crippen LogP contribution >= 0.6 is 0 Å². The molecule has 1 saturated carbocycles. The molecular weight excluding hydrogens is 222 g/mol. The number of halogens is 1. The van der Waals surface area contributed by atoms with Crippen LogP contribution in [0.1, 0.15) is 19.3 Å². The summed E-state index contributed by atoms with van der Waals surface area (Å²) in [7, 11) is 0. The van der Waals surface area contributed by atoms with Crippen LogP contribution in [-0.4, -0.2) is 13.1 Å². The molecule has 4 heteroatoms. The summed E-state index contributed by atoms with van der Waals surface area (Å²) in [6.07, 6.45) is 6.21. The molecule has 3 nitrogen and oxygen atoms in total. The number of nitrogen functional groups attached to an aromatic ring is 1. The highest BCUT2D eigenvalue weighted by Crippen LogP contribution is 2.29. The molecule has 2 N–H and O–H groups in total. The maximum Gasteiger partial charge on any atom is 0.274 e. The van der Waals surface area contributed by atoms with Crippen LogP contribution in [0.15, 0.2) is 18.3 Å². The van der Waals surface area contributed by atoms with Gasteiger partial charge in [0.1, 0.15) is 0 Å². The summed E-state index contributed by atoms with van der Waals surface area (Å²) in [5.74, 6) is 1.79. The minimum absolute atomic E-state index is 0. The van der Waals surface area contributed by atoms with Crippen LogP contribution in [-0.2, 0) is 6.54 Å². The van der Waals surface area contributed by atoms with Gasteiger partial charge in [0.2, 0.25) is 0 Å². The molecule has 2 aliphatic rings. The minimum atomic E-state index is 0. The Kier molecular flexibility index (Phi) is 3.24. The van der Waals surface area contributed by atoms with Crippen molar-refractivity contribution >= 4 is 11.5 Å². The maximum atomic E-state index is 6.05. The molecule has 1 aromatic rings. The van der Waals surface area contributed by atoms with Gasteiger partial charge in [-0.15, -0.1) is 0 Å². The third-order valence-corrected chi connectivity index (χ3v) is 3.43. The van der Waals surface area contributed by atoms with E-state index in [1.54, 1.807) is 0 Å². The summed E-state index contributed by atoms with van der Waals surface area (Å²) in [6.45, 7) is 3.48. The van der Waals surface area contributed by atoms with Gasteiger partial charge in [-0.1, -0.05) is 0 Å². The zero-order valence-electron chi connectivity index (χ0n) is 9.40. The molecule has 0 unspecified atom stereocenters. The lowest BCUT2D eigenvalue weighted by molar-refractivity contribution is -0.685. The SMILES string of the molecule is Nc1cc(N2CCC2)cc[n+]1CC1CC1.[Cl-]. The van der Waals surface area contributed by atoms with Crippen LogP contribution in [0.3, 0.4) is 0 Å². The first-order valence-corrected chi connectivity index (χ1v) is 5.87. The van der Waals surface area contributed by atoms with Gasteiger partial charge in [0, 0.05) is 24.8 Å². The number of hydrogen-bond acceptors (Lipinski definition) is 2. The van der Waals surface area contributed by atoms with Gasteiger partial charge in [-0.3, -0.25) is 5.73 Å². The lowest BCUT2D eigenvalue weighted by Crippen LogP contribution is -3.00. The zero-order chi connectivity index (χ0) is 10.3. The number of nitrogens with two attached hydrogens (primary N) is 1. The van der Waals surface area contributed by atoms with E-state index in [4.69, 9.17) is 5.73 Å². The predicted molar refractivity (Wildman–Crippen MR) is 60.6 cm³/mol. The molecule has 1 saturated heterocycles. The van der Waals surface area contributed by atoms with Crippen molar-refractivity contribution < 1.29 is 17.0 Å². The number of rotatable bonds is 3. The Bertz CT molecular complexity index is 373. The van der Waals surface area contributed by atoms with Crippen LogP contribution in [0.2, 0.25) is 0 Å². The van der Waals surface area contributed by atoms with Crippen molar-refractivity contribution in [1.29, 1.82) is 0 Å². The first-order valence-electron chi connectivity index (χ1n) is 5.87. The number of pyridine rings is 1. The second kappa shape index (κ2) is 4.50. The molecule has 0 bridgehead atoms. The van der Waals surface area contributed by atoms with Gasteiger partial charge in [0.05, 0.1) is 18.8 Å². The Morgan fingerprint density at radius 3 is 2.62 bits per heavy atom. The van der Waals surface area contributed by atoms with Crippen molar-refractivity contribution in [3.63, 3.8) is 0 Å². The number of anilines is 2. The predicted octanol–water partition coefficient (Wildman–Crippen LogP) is -1.82. The van der Waals surface area contributed by atoms with Gasteiger partial charge < -0.3 is 17.3 Å². The summed E-state index contributed by atoms with van der Waals surface area (Å²) in [4.78, 5) is 2.37.